The van der Waals surface area contributed by atoms with E-state index in [1.54, 1.807) is 28.0 Å². The Bertz CT molecular complexity index is 852. The van der Waals surface area contributed by atoms with E-state index in [1.165, 1.54) is 30.3 Å². The summed E-state index contributed by atoms with van der Waals surface area (Å²) in [5.74, 6) is -0.988. The summed E-state index contributed by atoms with van der Waals surface area (Å²) in [6.07, 6.45) is 0.200. The monoisotopic (exact) mass is 386 g/mol. The molecular formula is C22H24F2N2O2. The maximum atomic E-state index is 13.5. The fourth-order valence-electron chi connectivity index (χ4n) is 3.53. The molecule has 1 aliphatic rings. The standard InChI is InChI=1S/C22H24F2N2O2/c1-15(2)20-14-25(22(28)17-4-3-5-19(24)12-17)11-10-21(27)26(20)13-16-6-8-18(23)9-7-16/h3-9,12,15,20H,10-11,13-14H2,1-2H3/t20-/m1/s1. The Balaban J connectivity index is 1.83. The third-order valence-electron chi connectivity index (χ3n) is 5.12. The van der Waals surface area contributed by atoms with Gasteiger partial charge in [-0.3, -0.25) is 9.59 Å². The van der Waals surface area contributed by atoms with E-state index >= 15 is 0 Å². The summed E-state index contributed by atoms with van der Waals surface area (Å²) in [7, 11) is 0. The third kappa shape index (κ3) is 4.55. The second kappa shape index (κ2) is 8.50. The highest BCUT2D eigenvalue weighted by atomic mass is 19.1. The lowest BCUT2D eigenvalue weighted by molar-refractivity contribution is -0.134. The molecule has 0 aliphatic carbocycles. The van der Waals surface area contributed by atoms with Crippen LogP contribution in [0.15, 0.2) is 48.5 Å². The van der Waals surface area contributed by atoms with Crippen molar-refractivity contribution in [3.05, 3.63) is 71.3 Å². The Hall–Kier alpha value is -2.76. The number of hydrogen-bond donors (Lipinski definition) is 0. The Morgan fingerprint density at radius 3 is 2.46 bits per heavy atom. The van der Waals surface area contributed by atoms with Crippen molar-refractivity contribution in [2.75, 3.05) is 13.1 Å². The van der Waals surface area contributed by atoms with Gasteiger partial charge in [-0.15, -0.1) is 0 Å². The zero-order chi connectivity index (χ0) is 20.3. The maximum absolute atomic E-state index is 13.5. The van der Waals surface area contributed by atoms with Gasteiger partial charge in [0, 0.05) is 31.6 Å². The van der Waals surface area contributed by atoms with E-state index in [9.17, 15) is 18.4 Å². The predicted molar refractivity (Wildman–Crippen MR) is 102 cm³/mol. The molecule has 2 amide bonds. The molecule has 0 radical (unpaired) electrons. The summed E-state index contributed by atoms with van der Waals surface area (Å²) in [5.41, 5.74) is 1.12. The van der Waals surface area contributed by atoms with Gasteiger partial charge in [-0.2, -0.15) is 0 Å². The van der Waals surface area contributed by atoms with E-state index in [-0.39, 0.29) is 48.1 Å². The van der Waals surface area contributed by atoms with Crippen molar-refractivity contribution in [3.63, 3.8) is 0 Å². The van der Waals surface area contributed by atoms with Gasteiger partial charge in [-0.25, -0.2) is 8.78 Å². The molecule has 28 heavy (non-hydrogen) atoms. The molecular weight excluding hydrogens is 362 g/mol. The largest absolute Gasteiger partial charge is 0.336 e. The summed E-state index contributed by atoms with van der Waals surface area (Å²) >= 11 is 0. The Kier molecular flexibility index (Phi) is 6.07. The first-order valence-corrected chi connectivity index (χ1v) is 9.44. The van der Waals surface area contributed by atoms with Crippen LogP contribution in [0.1, 0.15) is 36.2 Å². The van der Waals surface area contributed by atoms with Crippen molar-refractivity contribution < 1.29 is 18.4 Å². The van der Waals surface area contributed by atoms with E-state index in [4.69, 9.17) is 0 Å². The normalized spacial score (nSPS) is 17.8. The smallest absolute Gasteiger partial charge is 0.254 e. The lowest BCUT2D eigenvalue weighted by atomic mass is 10.0. The van der Waals surface area contributed by atoms with Crippen LogP contribution in [-0.4, -0.2) is 40.7 Å². The first kappa shape index (κ1) is 20.0. The summed E-state index contributed by atoms with van der Waals surface area (Å²) in [6.45, 7) is 5.04. The van der Waals surface area contributed by atoms with Crippen LogP contribution in [0.4, 0.5) is 8.78 Å². The quantitative estimate of drug-likeness (QED) is 0.801. The van der Waals surface area contributed by atoms with Crippen molar-refractivity contribution in [2.24, 2.45) is 5.92 Å². The topological polar surface area (TPSA) is 40.6 Å². The molecule has 0 aromatic heterocycles. The molecule has 0 spiro atoms. The molecule has 1 atom stereocenters. The van der Waals surface area contributed by atoms with E-state index in [0.717, 1.165) is 5.56 Å². The first-order valence-electron chi connectivity index (χ1n) is 9.44. The zero-order valence-electron chi connectivity index (χ0n) is 16.1. The lowest BCUT2D eigenvalue weighted by Crippen LogP contribution is -2.47. The Morgan fingerprint density at radius 1 is 1.11 bits per heavy atom. The van der Waals surface area contributed by atoms with Gasteiger partial charge in [0.1, 0.15) is 11.6 Å². The fourth-order valence-corrected chi connectivity index (χ4v) is 3.53. The molecule has 0 N–H and O–H groups in total. The number of nitrogens with zero attached hydrogens (tertiary/aromatic N) is 2. The molecule has 2 aromatic carbocycles. The van der Waals surface area contributed by atoms with Crippen molar-refractivity contribution in [3.8, 4) is 0 Å². The van der Waals surface area contributed by atoms with Crippen LogP contribution in [0.2, 0.25) is 0 Å². The van der Waals surface area contributed by atoms with Gasteiger partial charge in [0.2, 0.25) is 5.91 Å². The second-order valence-electron chi connectivity index (χ2n) is 7.47. The third-order valence-corrected chi connectivity index (χ3v) is 5.12. The van der Waals surface area contributed by atoms with E-state index in [2.05, 4.69) is 0 Å². The minimum atomic E-state index is -0.463. The minimum Gasteiger partial charge on any atom is -0.336 e. The Morgan fingerprint density at radius 2 is 1.82 bits per heavy atom. The number of hydrogen-bond acceptors (Lipinski definition) is 2. The molecule has 0 unspecified atom stereocenters. The molecule has 0 saturated carbocycles. The van der Waals surface area contributed by atoms with Crippen LogP contribution in [0.5, 0.6) is 0 Å². The van der Waals surface area contributed by atoms with Crippen LogP contribution >= 0.6 is 0 Å². The van der Waals surface area contributed by atoms with Crippen molar-refractivity contribution in [1.82, 2.24) is 9.80 Å². The van der Waals surface area contributed by atoms with Gasteiger partial charge in [-0.05, 0) is 41.8 Å². The van der Waals surface area contributed by atoms with Gasteiger partial charge < -0.3 is 9.80 Å². The highest BCUT2D eigenvalue weighted by molar-refractivity contribution is 5.94. The summed E-state index contributed by atoms with van der Waals surface area (Å²) in [4.78, 5) is 29.1. The Labute approximate surface area is 163 Å². The molecule has 3 rings (SSSR count). The first-order chi connectivity index (χ1) is 13.3. The average molecular weight is 386 g/mol. The molecule has 148 valence electrons. The molecule has 2 aromatic rings. The predicted octanol–water partition coefficient (Wildman–Crippen LogP) is 3.86. The SMILES string of the molecule is CC(C)[C@H]1CN(C(=O)c2cccc(F)c2)CCC(=O)N1Cc1ccc(F)cc1. The molecule has 6 heteroatoms. The number of halogens is 2. The summed E-state index contributed by atoms with van der Waals surface area (Å²) in [6, 6.07) is 11.5. The zero-order valence-corrected chi connectivity index (χ0v) is 16.1. The number of amides is 2. The van der Waals surface area contributed by atoms with Crippen LogP contribution in [0, 0.1) is 17.6 Å². The van der Waals surface area contributed by atoms with Crippen molar-refractivity contribution in [2.45, 2.75) is 32.9 Å². The van der Waals surface area contributed by atoms with Crippen molar-refractivity contribution in [1.29, 1.82) is 0 Å². The summed E-state index contributed by atoms with van der Waals surface area (Å²) < 4.78 is 26.7. The number of benzene rings is 2. The molecule has 1 aliphatic heterocycles. The fraction of sp³-hybridized carbons (Fsp3) is 0.364. The number of carbonyl (C=O) groups excluding carboxylic acids is 2. The molecule has 1 fully saturated rings. The van der Waals surface area contributed by atoms with Gasteiger partial charge in [0.15, 0.2) is 0 Å². The maximum Gasteiger partial charge on any atom is 0.254 e. The molecule has 4 nitrogen and oxygen atoms in total. The van der Waals surface area contributed by atoms with Crippen LogP contribution in [0.25, 0.3) is 0 Å². The van der Waals surface area contributed by atoms with Gasteiger partial charge in [-0.1, -0.05) is 32.0 Å². The molecule has 1 heterocycles. The van der Waals surface area contributed by atoms with E-state index in [1.807, 2.05) is 13.8 Å². The molecule has 0 bridgehead atoms. The van der Waals surface area contributed by atoms with Crippen molar-refractivity contribution >= 4 is 11.8 Å². The van der Waals surface area contributed by atoms with Crippen LogP contribution in [0.3, 0.4) is 0 Å². The second-order valence-corrected chi connectivity index (χ2v) is 7.47. The van der Waals surface area contributed by atoms with E-state index in [0.29, 0.717) is 13.1 Å². The number of rotatable bonds is 4. The molecule has 1 saturated heterocycles. The average Bonchev–Trinajstić information content (AvgIpc) is 2.83. The van der Waals surface area contributed by atoms with Crippen LogP contribution in [-0.2, 0) is 11.3 Å². The van der Waals surface area contributed by atoms with Gasteiger partial charge >= 0.3 is 0 Å². The summed E-state index contributed by atoms with van der Waals surface area (Å²) in [5, 5.41) is 0. The minimum absolute atomic E-state index is 0.0439. The van der Waals surface area contributed by atoms with E-state index < -0.39 is 5.82 Å². The van der Waals surface area contributed by atoms with Gasteiger partial charge in [0.25, 0.3) is 5.91 Å². The highest BCUT2D eigenvalue weighted by Gasteiger charge is 2.33. The number of carbonyl (C=O) groups is 2. The highest BCUT2D eigenvalue weighted by Crippen LogP contribution is 2.22. The van der Waals surface area contributed by atoms with Gasteiger partial charge in [0.05, 0.1) is 6.04 Å². The van der Waals surface area contributed by atoms with Crippen LogP contribution < -0.4 is 0 Å². The lowest BCUT2D eigenvalue weighted by Gasteiger charge is -2.34.